The van der Waals surface area contributed by atoms with E-state index in [4.69, 9.17) is 14.5 Å². The van der Waals surface area contributed by atoms with Gasteiger partial charge < -0.3 is 20.1 Å². The van der Waals surface area contributed by atoms with E-state index in [2.05, 4.69) is 55.7 Å². The van der Waals surface area contributed by atoms with E-state index in [1.165, 1.54) is 36.8 Å². The molecular weight excluding hydrogens is 489 g/mol. The van der Waals surface area contributed by atoms with Crippen molar-refractivity contribution in [1.82, 2.24) is 10.6 Å². The van der Waals surface area contributed by atoms with E-state index in [-0.39, 0.29) is 24.0 Å². The van der Waals surface area contributed by atoms with Crippen molar-refractivity contribution in [2.75, 3.05) is 19.8 Å². The summed E-state index contributed by atoms with van der Waals surface area (Å²) in [7, 11) is 0. The molecule has 1 aromatic rings. The molecule has 1 heterocycles. The molecule has 2 N–H and O–H groups in total. The predicted molar refractivity (Wildman–Crippen MR) is 134 cm³/mol. The van der Waals surface area contributed by atoms with Gasteiger partial charge in [-0.1, -0.05) is 38.1 Å². The van der Waals surface area contributed by atoms with Gasteiger partial charge in [0.25, 0.3) is 0 Å². The molecule has 0 bridgehead atoms. The molecule has 5 nitrogen and oxygen atoms in total. The van der Waals surface area contributed by atoms with Crippen LogP contribution in [0.25, 0.3) is 0 Å². The zero-order valence-electron chi connectivity index (χ0n) is 18.9. The first-order valence-electron chi connectivity index (χ1n) is 11.4. The Bertz CT molecular complexity index is 650. The standard InChI is InChI=1S/C24H39N3O2.HI/c1-4-25-23(27-21-8-12-24(2,3)13-9-21)26-17-19-6-5-7-20(16-19)18-29-22-10-14-28-15-11-22;/h5-7,16,21-22H,4,8-15,17-18H2,1-3H3,(H2,25,26,27);1H. The third kappa shape index (κ3) is 8.71. The lowest BCUT2D eigenvalue weighted by atomic mass is 9.75. The molecule has 3 rings (SSSR count). The summed E-state index contributed by atoms with van der Waals surface area (Å²) in [5, 5.41) is 7.06. The second kappa shape index (κ2) is 12.9. The Morgan fingerprint density at radius 2 is 1.83 bits per heavy atom. The second-order valence-electron chi connectivity index (χ2n) is 9.22. The molecule has 0 radical (unpaired) electrons. The second-order valence-corrected chi connectivity index (χ2v) is 9.22. The van der Waals surface area contributed by atoms with Gasteiger partial charge in [-0.05, 0) is 62.0 Å². The Labute approximate surface area is 199 Å². The molecule has 6 heteroatoms. The van der Waals surface area contributed by atoms with Crippen LogP contribution in [0.4, 0.5) is 0 Å². The highest BCUT2D eigenvalue weighted by atomic mass is 127. The quantitative estimate of drug-likeness (QED) is 0.296. The molecule has 170 valence electrons. The van der Waals surface area contributed by atoms with Crippen molar-refractivity contribution in [2.45, 2.75) is 84.6 Å². The van der Waals surface area contributed by atoms with E-state index in [0.29, 0.717) is 30.7 Å². The first kappa shape index (κ1) is 25.4. The Balaban J connectivity index is 0.00000320. The van der Waals surface area contributed by atoms with Crippen LogP contribution < -0.4 is 10.6 Å². The van der Waals surface area contributed by atoms with Crippen molar-refractivity contribution >= 4 is 29.9 Å². The van der Waals surface area contributed by atoms with Crippen LogP contribution in [0.3, 0.4) is 0 Å². The highest BCUT2D eigenvalue weighted by Gasteiger charge is 2.27. The molecule has 2 aliphatic rings. The monoisotopic (exact) mass is 529 g/mol. The minimum Gasteiger partial charge on any atom is -0.381 e. The maximum atomic E-state index is 6.06. The zero-order chi connectivity index (χ0) is 20.5. The fourth-order valence-electron chi connectivity index (χ4n) is 4.10. The van der Waals surface area contributed by atoms with Gasteiger partial charge in [0, 0.05) is 25.8 Å². The van der Waals surface area contributed by atoms with Crippen LogP contribution in [-0.4, -0.2) is 37.9 Å². The Morgan fingerprint density at radius 1 is 1.13 bits per heavy atom. The topological polar surface area (TPSA) is 54.9 Å². The number of ether oxygens (including phenoxy) is 2. The molecule has 1 saturated carbocycles. The minimum absolute atomic E-state index is 0. The van der Waals surface area contributed by atoms with Crippen LogP contribution in [0, 0.1) is 5.41 Å². The van der Waals surface area contributed by atoms with Gasteiger partial charge in [-0.3, -0.25) is 0 Å². The Kier molecular flexibility index (Phi) is 10.9. The highest BCUT2D eigenvalue weighted by Crippen LogP contribution is 2.34. The predicted octanol–water partition coefficient (Wildman–Crippen LogP) is 5.02. The van der Waals surface area contributed by atoms with Crippen molar-refractivity contribution in [2.24, 2.45) is 10.4 Å². The summed E-state index contributed by atoms with van der Waals surface area (Å²) in [6.45, 7) is 10.7. The van der Waals surface area contributed by atoms with Crippen LogP contribution in [-0.2, 0) is 22.6 Å². The summed E-state index contributed by atoms with van der Waals surface area (Å²) in [6, 6.07) is 9.14. The van der Waals surface area contributed by atoms with E-state index in [9.17, 15) is 0 Å². The van der Waals surface area contributed by atoms with Gasteiger partial charge >= 0.3 is 0 Å². The SMILES string of the molecule is CCNC(=NCc1cccc(COC2CCOCC2)c1)NC1CCC(C)(C)CC1.I. The minimum atomic E-state index is 0. The van der Waals surface area contributed by atoms with E-state index in [1.807, 2.05) is 0 Å². The van der Waals surface area contributed by atoms with E-state index in [1.54, 1.807) is 0 Å². The largest absolute Gasteiger partial charge is 0.381 e. The molecule has 2 fully saturated rings. The summed E-state index contributed by atoms with van der Waals surface area (Å²) in [6.07, 6.45) is 7.32. The Morgan fingerprint density at radius 3 is 2.53 bits per heavy atom. The number of nitrogens with zero attached hydrogens (tertiary/aromatic N) is 1. The maximum Gasteiger partial charge on any atom is 0.191 e. The van der Waals surface area contributed by atoms with Crippen LogP contribution in [0.2, 0.25) is 0 Å². The number of aliphatic imine (C=N–C) groups is 1. The first-order chi connectivity index (χ1) is 14.0. The highest BCUT2D eigenvalue weighted by molar-refractivity contribution is 14.0. The van der Waals surface area contributed by atoms with Crippen molar-refractivity contribution in [1.29, 1.82) is 0 Å². The number of benzene rings is 1. The molecule has 0 spiro atoms. The molecular formula is C24H40IN3O2. The normalized spacial score (nSPS) is 20.4. The molecule has 0 aromatic heterocycles. The van der Waals surface area contributed by atoms with E-state index in [0.717, 1.165) is 38.6 Å². The molecule has 0 atom stereocenters. The number of hydrogen-bond acceptors (Lipinski definition) is 3. The summed E-state index contributed by atoms with van der Waals surface area (Å²) in [5.41, 5.74) is 2.93. The zero-order valence-corrected chi connectivity index (χ0v) is 21.2. The van der Waals surface area contributed by atoms with Crippen molar-refractivity contribution in [3.05, 3.63) is 35.4 Å². The van der Waals surface area contributed by atoms with Crippen LogP contribution in [0.1, 0.15) is 70.4 Å². The number of hydrogen-bond donors (Lipinski definition) is 2. The molecule has 1 aliphatic heterocycles. The first-order valence-corrected chi connectivity index (χ1v) is 11.4. The van der Waals surface area contributed by atoms with Gasteiger partial charge in [0.2, 0.25) is 0 Å². The summed E-state index contributed by atoms with van der Waals surface area (Å²) < 4.78 is 11.5. The lowest BCUT2D eigenvalue weighted by Gasteiger charge is -2.35. The van der Waals surface area contributed by atoms with Crippen LogP contribution >= 0.6 is 24.0 Å². The van der Waals surface area contributed by atoms with Gasteiger partial charge in [0.1, 0.15) is 0 Å². The van der Waals surface area contributed by atoms with Gasteiger partial charge in [-0.15, -0.1) is 24.0 Å². The molecule has 0 amide bonds. The summed E-state index contributed by atoms with van der Waals surface area (Å²) in [4.78, 5) is 4.84. The smallest absolute Gasteiger partial charge is 0.191 e. The number of nitrogens with one attached hydrogen (secondary N) is 2. The van der Waals surface area contributed by atoms with Crippen molar-refractivity contribution in [3.63, 3.8) is 0 Å². The van der Waals surface area contributed by atoms with Gasteiger partial charge in [-0.2, -0.15) is 0 Å². The third-order valence-electron chi connectivity index (χ3n) is 6.09. The number of rotatable bonds is 7. The average Bonchev–Trinajstić information content (AvgIpc) is 2.73. The van der Waals surface area contributed by atoms with Gasteiger partial charge in [0.15, 0.2) is 5.96 Å². The lowest BCUT2D eigenvalue weighted by molar-refractivity contribution is -0.0390. The fourth-order valence-corrected chi connectivity index (χ4v) is 4.10. The van der Waals surface area contributed by atoms with Crippen LogP contribution in [0.15, 0.2) is 29.3 Å². The molecule has 1 aliphatic carbocycles. The fraction of sp³-hybridized carbons (Fsp3) is 0.708. The van der Waals surface area contributed by atoms with E-state index < -0.39 is 0 Å². The molecule has 0 unspecified atom stereocenters. The number of guanidine groups is 1. The van der Waals surface area contributed by atoms with Crippen molar-refractivity contribution < 1.29 is 9.47 Å². The maximum absolute atomic E-state index is 6.06. The molecule has 30 heavy (non-hydrogen) atoms. The van der Waals surface area contributed by atoms with Gasteiger partial charge in [-0.25, -0.2) is 4.99 Å². The van der Waals surface area contributed by atoms with E-state index >= 15 is 0 Å². The molecule has 1 saturated heterocycles. The summed E-state index contributed by atoms with van der Waals surface area (Å²) in [5.74, 6) is 0.932. The van der Waals surface area contributed by atoms with Gasteiger partial charge in [0.05, 0.1) is 19.3 Å². The summed E-state index contributed by atoms with van der Waals surface area (Å²) >= 11 is 0. The molecule has 1 aromatic carbocycles. The number of halogens is 1. The van der Waals surface area contributed by atoms with Crippen molar-refractivity contribution in [3.8, 4) is 0 Å². The lowest BCUT2D eigenvalue weighted by Crippen LogP contribution is -2.45. The third-order valence-corrected chi connectivity index (χ3v) is 6.09. The van der Waals surface area contributed by atoms with Crippen LogP contribution in [0.5, 0.6) is 0 Å². The average molecular weight is 530 g/mol. The Hall–Kier alpha value is -0.860.